The van der Waals surface area contributed by atoms with Crippen LogP contribution in [0.25, 0.3) is 21.8 Å². The number of aromatic amines is 1. The second-order valence-electron chi connectivity index (χ2n) is 5.36. The van der Waals surface area contributed by atoms with Crippen molar-refractivity contribution in [2.24, 2.45) is 5.73 Å². The number of aliphatic hydroxyl groups excluding tert-OH is 1. The van der Waals surface area contributed by atoms with E-state index in [0.717, 1.165) is 28.6 Å². The van der Waals surface area contributed by atoms with Gasteiger partial charge in [0, 0.05) is 23.2 Å². The minimum atomic E-state index is -0.190. The van der Waals surface area contributed by atoms with E-state index < -0.39 is 0 Å². The third-order valence-electron chi connectivity index (χ3n) is 3.85. The number of rotatable bonds is 3. The number of nitrogens with two attached hydrogens (primary N) is 1. The summed E-state index contributed by atoms with van der Waals surface area (Å²) in [6.07, 6.45) is 0.726. The highest BCUT2D eigenvalue weighted by Gasteiger charge is 2.15. The Morgan fingerprint density at radius 1 is 1.43 bits per heavy atom. The topological polar surface area (TPSA) is 96.9 Å². The number of hydrogen-bond acceptors (Lipinski definition) is 4. The van der Waals surface area contributed by atoms with Crippen molar-refractivity contribution in [2.75, 3.05) is 13.2 Å². The van der Waals surface area contributed by atoms with Crippen LogP contribution in [0, 0.1) is 18.8 Å². The van der Waals surface area contributed by atoms with E-state index in [1.807, 2.05) is 25.1 Å². The fraction of sp³-hybridized carbons (Fsp3) is 0.294. The maximum Gasteiger partial charge on any atom is 0.262 e. The molecule has 0 bridgehead atoms. The first-order valence-electron chi connectivity index (χ1n) is 7.48. The molecule has 0 saturated heterocycles. The first-order chi connectivity index (χ1) is 11.2. The molecule has 3 aromatic rings. The molecule has 0 atom stereocenters. The zero-order chi connectivity index (χ0) is 16.4. The molecular formula is C17H18N4O2. The van der Waals surface area contributed by atoms with Crippen molar-refractivity contribution in [3.63, 3.8) is 0 Å². The number of aromatic nitrogens is 3. The van der Waals surface area contributed by atoms with Gasteiger partial charge in [-0.05, 0) is 38.1 Å². The highest BCUT2D eigenvalue weighted by atomic mass is 16.2. The Kier molecular flexibility index (Phi) is 4.15. The Morgan fingerprint density at radius 3 is 3.00 bits per heavy atom. The molecule has 23 heavy (non-hydrogen) atoms. The molecule has 0 saturated carbocycles. The maximum absolute atomic E-state index is 12.8. The second kappa shape index (κ2) is 6.24. The van der Waals surface area contributed by atoms with E-state index in [4.69, 9.17) is 10.8 Å². The van der Waals surface area contributed by atoms with Crippen molar-refractivity contribution < 1.29 is 5.11 Å². The van der Waals surface area contributed by atoms with Gasteiger partial charge in [0.2, 0.25) is 0 Å². The van der Waals surface area contributed by atoms with E-state index in [-0.39, 0.29) is 12.2 Å². The predicted octanol–water partition coefficient (Wildman–Crippen LogP) is 0.879. The van der Waals surface area contributed by atoms with E-state index in [9.17, 15) is 4.79 Å². The van der Waals surface area contributed by atoms with Crippen LogP contribution in [0.5, 0.6) is 0 Å². The Hall–Kier alpha value is -2.62. The van der Waals surface area contributed by atoms with Gasteiger partial charge in [0.1, 0.15) is 12.1 Å². The van der Waals surface area contributed by atoms with Crippen LogP contribution in [-0.2, 0) is 6.54 Å². The first kappa shape index (κ1) is 15.3. The lowest BCUT2D eigenvalue weighted by Gasteiger charge is -2.11. The predicted molar refractivity (Wildman–Crippen MR) is 90.2 cm³/mol. The summed E-state index contributed by atoms with van der Waals surface area (Å²) in [4.78, 5) is 12.8. The zero-order valence-electron chi connectivity index (χ0n) is 12.9. The molecule has 2 heterocycles. The van der Waals surface area contributed by atoms with Crippen molar-refractivity contribution >= 4 is 21.8 Å². The number of nitrogens with one attached hydrogen (secondary N) is 1. The van der Waals surface area contributed by atoms with E-state index in [2.05, 4.69) is 22.0 Å². The SMILES string of the molecule is Cc1[nH]nc2c1c(=O)n(CCCN)c1ccc(C#CCO)cc21. The van der Waals surface area contributed by atoms with Crippen molar-refractivity contribution in [1.82, 2.24) is 14.8 Å². The van der Waals surface area contributed by atoms with Gasteiger partial charge in [0.05, 0.1) is 10.9 Å². The molecule has 0 aliphatic rings. The summed E-state index contributed by atoms with van der Waals surface area (Å²) in [6, 6.07) is 5.62. The highest BCUT2D eigenvalue weighted by Crippen LogP contribution is 2.24. The maximum atomic E-state index is 12.8. The van der Waals surface area contributed by atoms with Gasteiger partial charge >= 0.3 is 0 Å². The molecule has 0 spiro atoms. The Morgan fingerprint density at radius 2 is 2.26 bits per heavy atom. The van der Waals surface area contributed by atoms with E-state index in [1.54, 1.807) is 4.57 Å². The van der Waals surface area contributed by atoms with Crippen LogP contribution in [0.3, 0.4) is 0 Å². The molecule has 4 N–H and O–H groups in total. The average Bonchev–Trinajstić information content (AvgIpc) is 2.95. The lowest BCUT2D eigenvalue weighted by Crippen LogP contribution is -2.22. The monoisotopic (exact) mass is 310 g/mol. The molecule has 0 aliphatic heterocycles. The molecule has 2 aromatic heterocycles. The highest BCUT2D eigenvalue weighted by molar-refractivity contribution is 6.04. The number of fused-ring (bicyclic) bond motifs is 3. The fourth-order valence-corrected chi connectivity index (χ4v) is 2.78. The number of aryl methyl sites for hydroxylation is 2. The molecule has 118 valence electrons. The summed E-state index contributed by atoms with van der Waals surface area (Å²) >= 11 is 0. The van der Waals surface area contributed by atoms with Crippen LogP contribution in [0.1, 0.15) is 17.7 Å². The number of H-pyrrole nitrogens is 1. The summed E-state index contributed by atoms with van der Waals surface area (Å²) < 4.78 is 1.75. The van der Waals surface area contributed by atoms with Crippen molar-refractivity contribution in [2.45, 2.75) is 19.9 Å². The van der Waals surface area contributed by atoms with Crippen LogP contribution >= 0.6 is 0 Å². The standard InChI is InChI=1S/C17H18N4O2/c1-11-15-16(20-19-11)13-10-12(4-2-9-22)5-6-14(13)21(17(15)23)8-3-7-18/h5-6,10,22H,3,7-9,18H2,1H3,(H,19,20). The normalized spacial score (nSPS) is 10.9. The number of hydrogen-bond donors (Lipinski definition) is 3. The van der Waals surface area contributed by atoms with Crippen molar-refractivity contribution in [3.8, 4) is 11.8 Å². The summed E-state index contributed by atoms with van der Waals surface area (Å²) in [7, 11) is 0. The Bertz CT molecular complexity index is 989. The van der Waals surface area contributed by atoms with Crippen molar-refractivity contribution in [1.29, 1.82) is 0 Å². The average molecular weight is 310 g/mol. The lowest BCUT2D eigenvalue weighted by atomic mass is 10.1. The molecule has 0 radical (unpaired) electrons. The molecule has 0 unspecified atom stereocenters. The van der Waals surface area contributed by atoms with E-state index in [1.165, 1.54) is 0 Å². The van der Waals surface area contributed by atoms with Crippen LogP contribution in [-0.4, -0.2) is 33.0 Å². The summed E-state index contributed by atoms with van der Waals surface area (Å²) in [5, 5.41) is 17.5. The van der Waals surface area contributed by atoms with Gasteiger partial charge in [-0.2, -0.15) is 5.10 Å². The quantitative estimate of drug-likeness (QED) is 0.626. The molecule has 0 aliphatic carbocycles. The molecule has 0 amide bonds. The third kappa shape index (κ3) is 2.61. The molecule has 6 heteroatoms. The molecule has 3 rings (SSSR count). The van der Waals surface area contributed by atoms with Crippen LogP contribution in [0.15, 0.2) is 23.0 Å². The van der Waals surface area contributed by atoms with Gasteiger partial charge in [-0.3, -0.25) is 9.89 Å². The Labute approximate surface area is 132 Å². The minimum Gasteiger partial charge on any atom is -0.384 e. The summed E-state index contributed by atoms with van der Waals surface area (Å²) in [6.45, 7) is 2.74. The fourth-order valence-electron chi connectivity index (χ4n) is 2.78. The van der Waals surface area contributed by atoms with Crippen molar-refractivity contribution in [3.05, 3.63) is 39.8 Å². The number of nitrogens with zero attached hydrogens (tertiary/aromatic N) is 2. The van der Waals surface area contributed by atoms with Crippen LogP contribution in [0.2, 0.25) is 0 Å². The Balaban J connectivity index is 2.37. The first-order valence-corrected chi connectivity index (χ1v) is 7.48. The molecular weight excluding hydrogens is 292 g/mol. The van der Waals surface area contributed by atoms with Gasteiger partial charge in [-0.15, -0.1) is 0 Å². The number of aliphatic hydroxyl groups is 1. The van der Waals surface area contributed by atoms with Crippen LogP contribution in [0.4, 0.5) is 0 Å². The van der Waals surface area contributed by atoms with Crippen LogP contribution < -0.4 is 11.3 Å². The summed E-state index contributed by atoms with van der Waals surface area (Å²) in [5.74, 6) is 5.52. The number of benzene rings is 1. The molecule has 1 aromatic carbocycles. The largest absolute Gasteiger partial charge is 0.384 e. The smallest absolute Gasteiger partial charge is 0.262 e. The molecule has 0 fully saturated rings. The van der Waals surface area contributed by atoms with E-state index >= 15 is 0 Å². The van der Waals surface area contributed by atoms with Gasteiger partial charge in [0.15, 0.2) is 0 Å². The van der Waals surface area contributed by atoms with Gasteiger partial charge < -0.3 is 15.4 Å². The second-order valence-corrected chi connectivity index (χ2v) is 5.36. The van der Waals surface area contributed by atoms with Gasteiger partial charge in [-0.1, -0.05) is 11.8 Å². The zero-order valence-corrected chi connectivity index (χ0v) is 12.9. The lowest BCUT2D eigenvalue weighted by molar-refractivity contribution is 0.350. The number of pyridine rings is 1. The third-order valence-corrected chi connectivity index (χ3v) is 3.85. The summed E-state index contributed by atoms with van der Waals surface area (Å²) in [5.41, 5.74) is 8.54. The minimum absolute atomic E-state index is 0.0543. The van der Waals surface area contributed by atoms with Gasteiger partial charge in [0.25, 0.3) is 5.56 Å². The van der Waals surface area contributed by atoms with Gasteiger partial charge in [-0.25, -0.2) is 0 Å². The van der Waals surface area contributed by atoms with E-state index in [0.29, 0.717) is 24.0 Å². The molecule has 6 nitrogen and oxygen atoms in total.